The molecule has 1 aromatic heterocycles. The molecular formula is C10H12N2O. The van der Waals surface area contributed by atoms with E-state index in [0.717, 1.165) is 5.70 Å². The fourth-order valence-electron chi connectivity index (χ4n) is 0.932. The Hall–Kier alpha value is -1.64. The summed E-state index contributed by atoms with van der Waals surface area (Å²) in [5, 5.41) is 4.04. The van der Waals surface area contributed by atoms with Crippen LogP contribution in [-0.4, -0.2) is 9.78 Å². The van der Waals surface area contributed by atoms with Crippen LogP contribution in [-0.2, 0) is 0 Å². The van der Waals surface area contributed by atoms with Gasteiger partial charge in [0.1, 0.15) is 5.69 Å². The maximum absolute atomic E-state index is 11.0. The number of nitrogens with zero attached hydrogens (tertiary/aromatic N) is 2. The van der Waals surface area contributed by atoms with Gasteiger partial charge in [-0.05, 0) is 19.9 Å². The minimum Gasteiger partial charge on any atom is -0.288 e. The quantitative estimate of drug-likeness (QED) is 0.641. The first kappa shape index (κ1) is 9.45. The summed E-state index contributed by atoms with van der Waals surface area (Å²) >= 11 is 0. The second-order valence-corrected chi connectivity index (χ2v) is 2.70. The Kier molecular flexibility index (Phi) is 2.80. The molecule has 0 fully saturated rings. The van der Waals surface area contributed by atoms with Gasteiger partial charge in [-0.2, -0.15) is 5.10 Å². The van der Waals surface area contributed by atoms with Crippen molar-refractivity contribution < 1.29 is 0 Å². The van der Waals surface area contributed by atoms with Gasteiger partial charge in [-0.25, -0.2) is 4.68 Å². The van der Waals surface area contributed by atoms with Crippen molar-refractivity contribution >= 4 is 5.70 Å². The van der Waals surface area contributed by atoms with Gasteiger partial charge in [0.25, 0.3) is 0 Å². The van der Waals surface area contributed by atoms with E-state index in [9.17, 15) is 4.79 Å². The van der Waals surface area contributed by atoms with Gasteiger partial charge in [0.2, 0.25) is 5.43 Å². The molecule has 0 amide bonds. The fraction of sp³-hybridized carbons (Fsp3) is 0.200. The van der Waals surface area contributed by atoms with Gasteiger partial charge in [0.15, 0.2) is 0 Å². The molecule has 0 unspecified atom stereocenters. The second-order valence-electron chi connectivity index (χ2n) is 2.70. The average Bonchev–Trinajstić information content (AvgIpc) is 2.10. The van der Waals surface area contributed by atoms with E-state index in [1.165, 1.54) is 6.07 Å². The highest BCUT2D eigenvalue weighted by Gasteiger charge is 1.96. The molecule has 0 aliphatic rings. The largest absolute Gasteiger partial charge is 0.288 e. The maximum Gasteiger partial charge on any atom is 0.203 e. The fourth-order valence-corrected chi connectivity index (χ4v) is 0.932. The number of hydrogen-bond donors (Lipinski definition) is 0. The molecule has 1 heterocycles. The topological polar surface area (TPSA) is 34.9 Å². The van der Waals surface area contributed by atoms with Crippen molar-refractivity contribution in [2.75, 3.05) is 0 Å². The van der Waals surface area contributed by atoms with Crippen molar-refractivity contribution in [3.63, 3.8) is 0 Å². The summed E-state index contributed by atoms with van der Waals surface area (Å²) in [7, 11) is 0. The molecule has 0 aromatic carbocycles. The van der Waals surface area contributed by atoms with E-state index in [2.05, 4.69) is 11.7 Å². The second kappa shape index (κ2) is 3.85. The third-order valence-electron chi connectivity index (χ3n) is 1.63. The van der Waals surface area contributed by atoms with E-state index in [-0.39, 0.29) is 5.43 Å². The van der Waals surface area contributed by atoms with Gasteiger partial charge in [-0.3, -0.25) is 4.79 Å². The Morgan fingerprint density at radius 1 is 1.69 bits per heavy atom. The van der Waals surface area contributed by atoms with Crippen LogP contribution in [0.3, 0.4) is 0 Å². The molecule has 0 spiro atoms. The van der Waals surface area contributed by atoms with E-state index >= 15 is 0 Å². The number of allylic oxidation sites excluding steroid dienone is 3. The number of rotatable bonds is 2. The molecule has 1 rings (SSSR count). The van der Waals surface area contributed by atoms with Gasteiger partial charge in [0, 0.05) is 12.3 Å². The molecule has 0 bridgehead atoms. The predicted octanol–water partition coefficient (Wildman–Crippen LogP) is 1.60. The molecule has 0 atom stereocenters. The van der Waals surface area contributed by atoms with Crippen molar-refractivity contribution in [3.05, 3.63) is 46.9 Å². The summed E-state index contributed by atoms with van der Waals surface area (Å²) in [4.78, 5) is 11.0. The van der Waals surface area contributed by atoms with Crippen LogP contribution in [0.5, 0.6) is 0 Å². The van der Waals surface area contributed by atoms with Crippen LogP contribution >= 0.6 is 0 Å². The van der Waals surface area contributed by atoms with Gasteiger partial charge in [-0.1, -0.05) is 12.7 Å². The van der Waals surface area contributed by atoms with Crippen LogP contribution < -0.4 is 5.43 Å². The summed E-state index contributed by atoms with van der Waals surface area (Å²) < 4.78 is 1.58. The van der Waals surface area contributed by atoms with E-state index in [4.69, 9.17) is 0 Å². The first-order valence-corrected chi connectivity index (χ1v) is 4.03. The predicted molar refractivity (Wildman–Crippen MR) is 53.4 cm³/mol. The standard InChI is InChI=1S/C10H12N2O/c1-4-5-8(2)12-7-6-10(13)9(3)11-12/h4-7H,2H2,1,3H3/b5-4-. The molecule has 13 heavy (non-hydrogen) atoms. The lowest BCUT2D eigenvalue weighted by Gasteiger charge is -2.03. The average molecular weight is 176 g/mol. The van der Waals surface area contributed by atoms with E-state index in [1.54, 1.807) is 17.8 Å². The summed E-state index contributed by atoms with van der Waals surface area (Å²) in [5.41, 5.74) is 1.17. The van der Waals surface area contributed by atoms with Crippen LogP contribution in [0.25, 0.3) is 5.70 Å². The van der Waals surface area contributed by atoms with Crippen molar-refractivity contribution in [1.82, 2.24) is 9.78 Å². The Bertz CT molecular complexity index is 402. The van der Waals surface area contributed by atoms with E-state index < -0.39 is 0 Å². The minimum absolute atomic E-state index is 0.0514. The van der Waals surface area contributed by atoms with Crippen LogP contribution in [0.1, 0.15) is 12.6 Å². The molecule has 0 radical (unpaired) electrons. The van der Waals surface area contributed by atoms with Gasteiger partial charge in [0.05, 0.1) is 5.70 Å². The number of aromatic nitrogens is 2. The van der Waals surface area contributed by atoms with Crippen LogP contribution in [0, 0.1) is 6.92 Å². The van der Waals surface area contributed by atoms with Crippen molar-refractivity contribution in [2.24, 2.45) is 0 Å². The van der Waals surface area contributed by atoms with Crippen LogP contribution in [0.2, 0.25) is 0 Å². The zero-order chi connectivity index (χ0) is 9.84. The molecule has 0 aliphatic heterocycles. The van der Waals surface area contributed by atoms with Crippen molar-refractivity contribution in [3.8, 4) is 0 Å². The Labute approximate surface area is 77.0 Å². The normalized spacial score (nSPS) is 10.6. The molecule has 1 aromatic rings. The molecule has 3 heteroatoms. The smallest absolute Gasteiger partial charge is 0.203 e. The third kappa shape index (κ3) is 2.15. The molecular weight excluding hydrogens is 164 g/mol. The summed E-state index contributed by atoms with van der Waals surface area (Å²) in [6.07, 6.45) is 5.31. The molecule has 0 N–H and O–H groups in total. The highest BCUT2D eigenvalue weighted by atomic mass is 16.1. The SMILES string of the molecule is C=C(/C=C\C)n1ccc(=O)c(C)n1. The monoisotopic (exact) mass is 176 g/mol. The van der Waals surface area contributed by atoms with Gasteiger partial charge >= 0.3 is 0 Å². The summed E-state index contributed by atoms with van der Waals surface area (Å²) in [6.45, 7) is 7.38. The molecule has 0 saturated heterocycles. The Morgan fingerprint density at radius 3 is 2.92 bits per heavy atom. The molecule has 0 saturated carbocycles. The number of aryl methyl sites for hydroxylation is 1. The molecule has 68 valence electrons. The Balaban J connectivity index is 3.11. The number of hydrogen-bond acceptors (Lipinski definition) is 2. The summed E-state index contributed by atoms with van der Waals surface area (Å²) in [5.74, 6) is 0. The Morgan fingerprint density at radius 2 is 2.38 bits per heavy atom. The van der Waals surface area contributed by atoms with E-state index in [0.29, 0.717) is 5.69 Å². The summed E-state index contributed by atoms with van der Waals surface area (Å²) in [6, 6.07) is 1.48. The molecule has 0 aliphatic carbocycles. The first-order valence-electron chi connectivity index (χ1n) is 4.03. The maximum atomic E-state index is 11.0. The first-order chi connectivity index (χ1) is 6.15. The van der Waals surface area contributed by atoms with Crippen LogP contribution in [0.15, 0.2) is 35.8 Å². The van der Waals surface area contributed by atoms with E-state index in [1.807, 2.05) is 19.1 Å². The lowest BCUT2D eigenvalue weighted by atomic mass is 10.4. The van der Waals surface area contributed by atoms with Crippen molar-refractivity contribution in [1.29, 1.82) is 0 Å². The lowest BCUT2D eigenvalue weighted by molar-refractivity contribution is 0.834. The zero-order valence-electron chi connectivity index (χ0n) is 7.82. The van der Waals surface area contributed by atoms with Gasteiger partial charge in [-0.15, -0.1) is 0 Å². The zero-order valence-corrected chi connectivity index (χ0v) is 7.82. The van der Waals surface area contributed by atoms with Crippen molar-refractivity contribution in [2.45, 2.75) is 13.8 Å². The lowest BCUT2D eigenvalue weighted by Crippen LogP contribution is -2.12. The molecule has 3 nitrogen and oxygen atoms in total. The minimum atomic E-state index is -0.0514. The van der Waals surface area contributed by atoms with Crippen LogP contribution in [0.4, 0.5) is 0 Å². The highest BCUT2D eigenvalue weighted by molar-refractivity contribution is 5.52. The third-order valence-corrected chi connectivity index (χ3v) is 1.63. The van der Waals surface area contributed by atoms with Gasteiger partial charge < -0.3 is 0 Å². The highest BCUT2D eigenvalue weighted by Crippen LogP contribution is 1.99.